The van der Waals surface area contributed by atoms with Crippen molar-refractivity contribution in [2.45, 2.75) is 12.8 Å². The third-order valence-electron chi connectivity index (χ3n) is 3.19. The van der Waals surface area contributed by atoms with Crippen molar-refractivity contribution in [3.05, 3.63) is 34.9 Å². The Kier molecular flexibility index (Phi) is 4.84. The fraction of sp³-hybridized carbons (Fsp3) is 0.462. The lowest BCUT2D eigenvalue weighted by molar-refractivity contribution is -0.140. The van der Waals surface area contributed by atoms with E-state index in [2.05, 4.69) is 5.32 Å². The molecule has 0 aromatic heterocycles. The molecule has 1 aliphatic heterocycles. The number of amides is 1. The van der Waals surface area contributed by atoms with Crippen LogP contribution < -0.4 is 5.32 Å². The van der Waals surface area contributed by atoms with Crippen molar-refractivity contribution < 1.29 is 31.5 Å². The molecule has 0 atom stereocenters. The molecule has 2 rings (SSSR count). The molecule has 0 radical (unpaired) electrons. The maximum atomic E-state index is 13.6. The second-order valence-electron chi connectivity index (χ2n) is 4.69. The Morgan fingerprint density at radius 1 is 1.18 bits per heavy atom. The number of hydrogen-bond acceptors (Lipinski definition) is 3. The lowest BCUT2D eigenvalue weighted by Crippen LogP contribution is -2.46. The number of rotatable bonds is 2. The minimum absolute atomic E-state index is 0.405. The largest absolute Gasteiger partial charge is 0.444 e. The molecule has 1 saturated heterocycles. The highest BCUT2D eigenvalue weighted by Gasteiger charge is 2.36. The topological polar surface area (TPSA) is 41.6 Å². The van der Waals surface area contributed by atoms with Gasteiger partial charge in [0.2, 0.25) is 0 Å². The molecular weight excluding hydrogens is 311 g/mol. The quantitative estimate of drug-likeness (QED) is 0.850. The van der Waals surface area contributed by atoms with Gasteiger partial charge in [0.1, 0.15) is 6.61 Å². The first-order chi connectivity index (χ1) is 10.3. The normalized spacial score (nSPS) is 15.8. The number of nitrogens with zero attached hydrogens (tertiary/aromatic N) is 1. The number of halogens is 5. The van der Waals surface area contributed by atoms with E-state index in [4.69, 9.17) is 4.74 Å². The number of ether oxygens (including phenoxy) is 1. The van der Waals surface area contributed by atoms with Crippen molar-refractivity contribution in [1.82, 2.24) is 10.2 Å². The highest BCUT2D eigenvalue weighted by atomic mass is 19.4. The number of benzene rings is 1. The summed E-state index contributed by atoms with van der Waals surface area (Å²) in [6.07, 6.45) is -5.71. The summed E-state index contributed by atoms with van der Waals surface area (Å²) >= 11 is 0. The van der Waals surface area contributed by atoms with E-state index in [1.54, 1.807) is 0 Å². The summed E-state index contributed by atoms with van der Waals surface area (Å²) in [6, 6.07) is 1.18. The van der Waals surface area contributed by atoms with Gasteiger partial charge in [-0.3, -0.25) is 0 Å². The predicted octanol–water partition coefficient (Wildman–Crippen LogP) is 2.53. The monoisotopic (exact) mass is 324 g/mol. The zero-order valence-electron chi connectivity index (χ0n) is 11.3. The van der Waals surface area contributed by atoms with E-state index in [-0.39, 0.29) is 0 Å². The van der Waals surface area contributed by atoms with Crippen LogP contribution >= 0.6 is 0 Å². The lowest BCUT2D eigenvalue weighted by atomic mass is 10.1. The minimum atomic E-state index is -4.99. The molecule has 122 valence electrons. The minimum Gasteiger partial charge on any atom is -0.444 e. The van der Waals surface area contributed by atoms with E-state index in [1.165, 1.54) is 4.90 Å². The molecule has 0 aliphatic carbocycles. The van der Waals surface area contributed by atoms with Gasteiger partial charge >= 0.3 is 12.3 Å². The molecule has 0 unspecified atom stereocenters. The zero-order valence-corrected chi connectivity index (χ0v) is 11.3. The molecule has 0 bridgehead atoms. The van der Waals surface area contributed by atoms with Crippen molar-refractivity contribution in [1.29, 1.82) is 0 Å². The number of carbonyl (C=O) groups is 1. The Labute approximate surface area is 122 Å². The van der Waals surface area contributed by atoms with Crippen LogP contribution in [0.2, 0.25) is 0 Å². The molecule has 1 fully saturated rings. The van der Waals surface area contributed by atoms with Crippen molar-refractivity contribution >= 4 is 6.09 Å². The molecule has 1 N–H and O–H groups in total. The number of carbonyl (C=O) groups excluding carboxylic acids is 1. The van der Waals surface area contributed by atoms with Crippen LogP contribution in [-0.4, -0.2) is 37.2 Å². The van der Waals surface area contributed by atoms with Gasteiger partial charge in [-0.2, -0.15) is 13.2 Å². The average Bonchev–Trinajstić information content (AvgIpc) is 2.48. The van der Waals surface area contributed by atoms with E-state index in [0.717, 1.165) is 6.07 Å². The van der Waals surface area contributed by atoms with Crippen molar-refractivity contribution in [2.24, 2.45) is 0 Å². The van der Waals surface area contributed by atoms with E-state index in [9.17, 15) is 26.7 Å². The maximum absolute atomic E-state index is 13.6. The van der Waals surface area contributed by atoms with Gasteiger partial charge in [0.25, 0.3) is 0 Å². The van der Waals surface area contributed by atoms with Crippen molar-refractivity contribution in [3.63, 3.8) is 0 Å². The van der Waals surface area contributed by atoms with Crippen LogP contribution in [0.3, 0.4) is 0 Å². The van der Waals surface area contributed by atoms with Gasteiger partial charge in [-0.05, 0) is 6.07 Å². The maximum Gasteiger partial charge on any atom is 0.419 e. The molecule has 0 saturated carbocycles. The molecule has 1 aromatic rings. The Balaban J connectivity index is 2.04. The van der Waals surface area contributed by atoms with Gasteiger partial charge in [-0.25, -0.2) is 13.6 Å². The number of nitrogens with one attached hydrogen (secondary N) is 1. The molecule has 9 heteroatoms. The highest BCUT2D eigenvalue weighted by molar-refractivity contribution is 5.67. The van der Waals surface area contributed by atoms with E-state index >= 15 is 0 Å². The molecule has 1 heterocycles. The summed E-state index contributed by atoms with van der Waals surface area (Å²) in [6.45, 7) is 1.34. The Hall–Kier alpha value is -1.90. The van der Waals surface area contributed by atoms with E-state index < -0.39 is 41.6 Å². The molecule has 0 spiro atoms. The van der Waals surface area contributed by atoms with Crippen LogP contribution in [0.15, 0.2) is 12.1 Å². The summed E-state index contributed by atoms with van der Waals surface area (Å²) in [5.41, 5.74) is -2.14. The predicted molar refractivity (Wildman–Crippen MR) is 66.0 cm³/mol. The van der Waals surface area contributed by atoms with Crippen LogP contribution in [0.1, 0.15) is 11.1 Å². The van der Waals surface area contributed by atoms with Crippen LogP contribution in [-0.2, 0) is 17.5 Å². The highest BCUT2D eigenvalue weighted by Crippen LogP contribution is 2.33. The van der Waals surface area contributed by atoms with Crippen LogP contribution in [0.25, 0.3) is 0 Å². The fourth-order valence-electron chi connectivity index (χ4n) is 2.00. The summed E-state index contributed by atoms with van der Waals surface area (Å²) in [7, 11) is 0. The summed E-state index contributed by atoms with van der Waals surface area (Å²) < 4.78 is 69.0. The lowest BCUT2D eigenvalue weighted by Gasteiger charge is -2.26. The number of alkyl halides is 3. The smallest absolute Gasteiger partial charge is 0.419 e. The Morgan fingerprint density at radius 2 is 1.82 bits per heavy atom. The molecule has 1 amide bonds. The summed E-state index contributed by atoms with van der Waals surface area (Å²) in [5.74, 6) is -3.66. The Bertz CT molecular complexity index is 556. The number of hydrogen-bond donors (Lipinski definition) is 1. The SMILES string of the molecule is O=C(OCc1ccc(C(F)(F)F)c(F)c1F)N1CCNCC1. The third-order valence-corrected chi connectivity index (χ3v) is 3.19. The van der Waals surface area contributed by atoms with Gasteiger partial charge in [0, 0.05) is 31.7 Å². The van der Waals surface area contributed by atoms with Crippen LogP contribution in [0.4, 0.5) is 26.7 Å². The first-order valence-corrected chi connectivity index (χ1v) is 6.47. The molecule has 4 nitrogen and oxygen atoms in total. The molecule has 1 aliphatic rings. The summed E-state index contributed by atoms with van der Waals surface area (Å²) in [4.78, 5) is 13.0. The number of piperazine rings is 1. The van der Waals surface area contributed by atoms with Crippen LogP contribution in [0.5, 0.6) is 0 Å². The first kappa shape index (κ1) is 16.5. The van der Waals surface area contributed by atoms with E-state index in [1.807, 2.05) is 0 Å². The van der Waals surface area contributed by atoms with Gasteiger partial charge in [-0.15, -0.1) is 0 Å². The molecular formula is C13H13F5N2O2. The average molecular weight is 324 g/mol. The molecule has 22 heavy (non-hydrogen) atoms. The van der Waals surface area contributed by atoms with Crippen molar-refractivity contribution in [3.8, 4) is 0 Å². The summed E-state index contributed by atoms with van der Waals surface area (Å²) in [5, 5.41) is 3.01. The molecule has 1 aromatic carbocycles. The van der Waals surface area contributed by atoms with Crippen LogP contribution in [0, 0.1) is 11.6 Å². The van der Waals surface area contributed by atoms with Gasteiger partial charge in [0.05, 0.1) is 5.56 Å². The zero-order chi connectivity index (χ0) is 16.3. The Morgan fingerprint density at radius 3 is 2.41 bits per heavy atom. The standard InChI is InChI=1S/C13H13F5N2O2/c14-10-8(1-2-9(11(10)15)13(16,17)18)7-22-12(21)20-5-3-19-4-6-20/h1-2,19H,3-7H2. The second kappa shape index (κ2) is 6.47. The first-order valence-electron chi connectivity index (χ1n) is 6.47. The van der Waals surface area contributed by atoms with Gasteiger partial charge < -0.3 is 15.0 Å². The van der Waals surface area contributed by atoms with Crippen molar-refractivity contribution in [2.75, 3.05) is 26.2 Å². The fourth-order valence-corrected chi connectivity index (χ4v) is 2.00. The van der Waals surface area contributed by atoms with Gasteiger partial charge in [0.15, 0.2) is 11.6 Å². The van der Waals surface area contributed by atoms with E-state index in [0.29, 0.717) is 32.2 Å². The second-order valence-corrected chi connectivity index (χ2v) is 4.69. The third kappa shape index (κ3) is 3.65. The van der Waals surface area contributed by atoms with Gasteiger partial charge in [-0.1, -0.05) is 6.07 Å².